The van der Waals surface area contributed by atoms with Crippen LogP contribution >= 0.6 is 23.8 Å². The van der Waals surface area contributed by atoms with Crippen LogP contribution in [0.25, 0.3) is 0 Å². The van der Waals surface area contributed by atoms with Crippen LogP contribution in [0.3, 0.4) is 0 Å². The lowest BCUT2D eigenvalue weighted by molar-refractivity contribution is 0.290. The molecule has 6 heteroatoms. The lowest BCUT2D eigenvalue weighted by Crippen LogP contribution is -2.12. The molecule has 19 heavy (non-hydrogen) atoms. The van der Waals surface area contributed by atoms with Crippen LogP contribution in [-0.2, 0) is 6.61 Å². The molecule has 0 aliphatic carbocycles. The summed E-state index contributed by atoms with van der Waals surface area (Å²) in [5.74, 6) is -0.478. The maximum atomic E-state index is 13.6. The van der Waals surface area contributed by atoms with E-state index in [-0.39, 0.29) is 22.4 Å². The second-order valence-electron chi connectivity index (χ2n) is 3.75. The normalized spacial score (nSPS) is 10.2. The number of hydrogen-bond donors (Lipinski definition) is 1. The van der Waals surface area contributed by atoms with Gasteiger partial charge in [0.25, 0.3) is 0 Å². The van der Waals surface area contributed by atoms with E-state index in [4.69, 9.17) is 34.3 Å². The van der Waals surface area contributed by atoms with Crippen LogP contribution in [0.5, 0.6) is 5.75 Å². The minimum absolute atomic E-state index is 0.0241. The van der Waals surface area contributed by atoms with E-state index in [0.717, 1.165) is 5.56 Å². The van der Waals surface area contributed by atoms with Crippen molar-refractivity contribution in [1.82, 2.24) is 4.98 Å². The standard InChI is InChI=1S/C13H10ClFN2OS/c14-9-2-1-3-11(12(9)15)18-7-8-4-5-17-10(6-8)13(16)19/h1-6H,7H2,(H2,16,19). The van der Waals surface area contributed by atoms with Gasteiger partial charge < -0.3 is 10.5 Å². The molecule has 0 unspecified atom stereocenters. The smallest absolute Gasteiger partial charge is 0.183 e. The fourth-order valence-electron chi connectivity index (χ4n) is 1.46. The van der Waals surface area contributed by atoms with Gasteiger partial charge in [-0.2, -0.15) is 0 Å². The molecular formula is C13H10ClFN2OS. The van der Waals surface area contributed by atoms with Gasteiger partial charge in [-0.1, -0.05) is 29.9 Å². The van der Waals surface area contributed by atoms with Gasteiger partial charge in [-0.3, -0.25) is 4.98 Å². The lowest BCUT2D eigenvalue weighted by atomic mass is 10.2. The number of thiocarbonyl (C=S) groups is 1. The highest BCUT2D eigenvalue weighted by Gasteiger charge is 2.08. The molecule has 3 nitrogen and oxygen atoms in total. The van der Waals surface area contributed by atoms with Crippen molar-refractivity contribution < 1.29 is 9.13 Å². The van der Waals surface area contributed by atoms with E-state index in [2.05, 4.69) is 4.98 Å². The molecule has 2 rings (SSSR count). The van der Waals surface area contributed by atoms with Crippen molar-refractivity contribution in [2.75, 3.05) is 0 Å². The highest BCUT2D eigenvalue weighted by Crippen LogP contribution is 2.24. The summed E-state index contributed by atoms with van der Waals surface area (Å²) < 4.78 is 19.0. The van der Waals surface area contributed by atoms with Crippen LogP contribution in [0, 0.1) is 5.82 Å². The Balaban J connectivity index is 2.12. The monoisotopic (exact) mass is 296 g/mol. The van der Waals surface area contributed by atoms with Crippen molar-refractivity contribution in [3.8, 4) is 5.75 Å². The first kappa shape index (κ1) is 13.7. The highest BCUT2D eigenvalue weighted by molar-refractivity contribution is 7.80. The zero-order chi connectivity index (χ0) is 13.8. The van der Waals surface area contributed by atoms with Crippen molar-refractivity contribution >= 4 is 28.8 Å². The van der Waals surface area contributed by atoms with E-state index in [1.165, 1.54) is 12.1 Å². The molecule has 1 aromatic heterocycles. The van der Waals surface area contributed by atoms with Gasteiger partial charge in [0, 0.05) is 6.20 Å². The quantitative estimate of drug-likeness (QED) is 0.881. The molecule has 0 radical (unpaired) electrons. The van der Waals surface area contributed by atoms with Crippen LogP contribution in [0.15, 0.2) is 36.5 Å². The summed E-state index contributed by atoms with van der Waals surface area (Å²) in [5.41, 5.74) is 6.78. The van der Waals surface area contributed by atoms with Gasteiger partial charge >= 0.3 is 0 Å². The summed E-state index contributed by atoms with van der Waals surface area (Å²) in [6.45, 7) is 0.176. The number of benzene rings is 1. The Morgan fingerprint density at radius 2 is 2.21 bits per heavy atom. The second kappa shape index (κ2) is 5.95. The number of rotatable bonds is 4. The number of nitrogens with two attached hydrogens (primary N) is 1. The van der Waals surface area contributed by atoms with Crippen molar-refractivity contribution in [3.63, 3.8) is 0 Å². The molecule has 0 atom stereocenters. The first-order chi connectivity index (χ1) is 9.08. The number of halogens is 2. The molecule has 98 valence electrons. The Kier molecular flexibility index (Phi) is 4.29. The molecule has 2 aromatic rings. The van der Waals surface area contributed by atoms with E-state index < -0.39 is 5.82 Å². The zero-order valence-corrected chi connectivity index (χ0v) is 11.3. The van der Waals surface area contributed by atoms with Crippen molar-refractivity contribution in [2.24, 2.45) is 5.73 Å². The van der Waals surface area contributed by atoms with Gasteiger partial charge in [0.2, 0.25) is 0 Å². The van der Waals surface area contributed by atoms with Gasteiger partial charge in [0.05, 0.1) is 10.7 Å². The number of aromatic nitrogens is 1. The molecule has 0 saturated heterocycles. The lowest BCUT2D eigenvalue weighted by Gasteiger charge is -2.08. The van der Waals surface area contributed by atoms with Gasteiger partial charge in [-0.05, 0) is 29.8 Å². The van der Waals surface area contributed by atoms with Gasteiger partial charge in [-0.15, -0.1) is 0 Å². The SMILES string of the molecule is NC(=S)c1cc(COc2cccc(Cl)c2F)ccn1. The van der Waals surface area contributed by atoms with Crippen molar-refractivity contribution in [1.29, 1.82) is 0 Å². The average molecular weight is 297 g/mol. The number of ether oxygens (including phenoxy) is 1. The summed E-state index contributed by atoms with van der Waals surface area (Å²) in [6.07, 6.45) is 1.57. The molecule has 0 fully saturated rings. The predicted molar refractivity (Wildman–Crippen MR) is 75.9 cm³/mol. The Bertz CT molecular complexity index is 621. The first-order valence-corrected chi connectivity index (χ1v) is 6.18. The molecule has 0 amide bonds. The van der Waals surface area contributed by atoms with Crippen molar-refractivity contribution in [2.45, 2.75) is 6.61 Å². The maximum absolute atomic E-state index is 13.6. The Labute approximate surface area is 120 Å². The molecule has 0 aliphatic rings. The number of hydrogen-bond acceptors (Lipinski definition) is 3. The number of nitrogens with zero attached hydrogens (tertiary/aromatic N) is 1. The molecule has 0 bridgehead atoms. The largest absolute Gasteiger partial charge is 0.486 e. The van der Waals surface area contributed by atoms with Crippen LogP contribution in [0.2, 0.25) is 5.02 Å². The van der Waals surface area contributed by atoms with Gasteiger partial charge in [0.1, 0.15) is 11.6 Å². The van der Waals surface area contributed by atoms with Gasteiger partial charge in [0.15, 0.2) is 11.6 Å². The third-order valence-corrected chi connectivity index (χ3v) is 2.89. The van der Waals surface area contributed by atoms with E-state index in [1.807, 2.05) is 0 Å². The Morgan fingerprint density at radius 1 is 1.42 bits per heavy atom. The average Bonchev–Trinajstić information content (AvgIpc) is 2.41. The summed E-state index contributed by atoms with van der Waals surface area (Å²) in [6, 6.07) is 8.03. The van der Waals surface area contributed by atoms with E-state index in [1.54, 1.807) is 24.4 Å². The summed E-state index contributed by atoms with van der Waals surface area (Å²) in [5, 5.41) is 0.0241. The van der Waals surface area contributed by atoms with Crippen LogP contribution in [0.4, 0.5) is 4.39 Å². The predicted octanol–water partition coefficient (Wildman–Crippen LogP) is 3.09. The zero-order valence-electron chi connectivity index (χ0n) is 9.77. The Morgan fingerprint density at radius 3 is 2.95 bits per heavy atom. The first-order valence-electron chi connectivity index (χ1n) is 5.39. The minimum atomic E-state index is -0.576. The number of pyridine rings is 1. The second-order valence-corrected chi connectivity index (χ2v) is 4.60. The molecule has 1 heterocycles. The van der Waals surface area contributed by atoms with Crippen LogP contribution in [-0.4, -0.2) is 9.97 Å². The van der Waals surface area contributed by atoms with E-state index in [0.29, 0.717) is 5.69 Å². The molecular weight excluding hydrogens is 287 g/mol. The van der Waals surface area contributed by atoms with E-state index >= 15 is 0 Å². The maximum Gasteiger partial charge on any atom is 0.183 e. The Hall–Kier alpha value is -1.72. The molecule has 0 spiro atoms. The molecule has 0 saturated carbocycles. The van der Waals surface area contributed by atoms with Crippen molar-refractivity contribution in [3.05, 3.63) is 58.6 Å². The third kappa shape index (κ3) is 3.39. The molecule has 0 aliphatic heterocycles. The highest BCUT2D eigenvalue weighted by atomic mass is 35.5. The fraction of sp³-hybridized carbons (Fsp3) is 0.0769. The molecule has 2 N–H and O–H groups in total. The summed E-state index contributed by atoms with van der Waals surface area (Å²) in [4.78, 5) is 4.21. The topological polar surface area (TPSA) is 48.1 Å². The van der Waals surface area contributed by atoms with Crippen LogP contribution in [0.1, 0.15) is 11.3 Å². The summed E-state index contributed by atoms with van der Waals surface area (Å²) >= 11 is 10.5. The minimum Gasteiger partial charge on any atom is -0.486 e. The van der Waals surface area contributed by atoms with E-state index in [9.17, 15) is 4.39 Å². The summed E-state index contributed by atoms with van der Waals surface area (Å²) in [7, 11) is 0. The van der Waals surface area contributed by atoms with Crippen LogP contribution < -0.4 is 10.5 Å². The molecule has 1 aromatic carbocycles. The fourth-order valence-corrected chi connectivity index (χ4v) is 1.73. The van der Waals surface area contributed by atoms with Gasteiger partial charge in [-0.25, -0.2) is 4.39 Å². The third-order valence-electron chi connectivity index (χ3n) is 2.39.